The molecular formula is C16H22N4O4S. The first-order valence-electron chi connectivity index (χ1n) is 8.00. The van der Waals surface area contributed by atoms with Crippen LogP contribution in [-0.2, 0) is 14.8 Å². The van der Waals surface area contributed by atoms with E-state index in [0.717, 1.165) is 0 Å². The van der Waals surface area contributed by atoms with Crippen molar-refractivity contribution in [3.63, 3.8) is 0 Å². The van der Waals surface area contributed by atoms with Gasteiger partial charge in [0, 0.05) is 26.2 Å². The van der Waals surface area contributed by atoms with Crippen molar-refractivity contribution in [3.8, 4) is 11.8 Å². The summed E-state index contributed by atoms with van der Waals surface area (Å²) < 4.78 is 32.4. The maximum absolute atomic E-state index is 13.0. The number of ether oxygens (including phenoxy) is 1. The number of nitrogens with two attached hydrogens (primary N) is 1. The van der Waals surface area contributed by atoms with Crippen molar-refractivity contribution in [2.45, 2.75) is 17.7 Å². The number of rotatable bonds is 6. The molecule has 0 spiro atoms. The zero-order valence-corrected chi connectivity index (χ0v) is 14.9. The number of hydrogen-bond donors (Lipinski definition) is 2. The second kappa shape index (κ2) is 8.29. The van der Waals surface area contributed by atoms with Crippen LogP contribution in [0.3, 0.4) is 0 Å². The highest BCUT2D eigenvalue weighted by Crippen LogP contribution is 2.30. The van der Waals surface area contributed by atoms with Crippen molar-refractivity contribution < 1.29 is 17.9 Å². The molecule has 9 heteroatoms. The second-order valence-electron chi connectivity index (χ2n) is 5.76. The van der Waals surface area contributed by atoms with E-state index in [0.29, 0.717) is 38.0 Å². The first-order chi connectivity index (χ1) is 11.9. The summed E-state index contributed by atoms with van der Waals surface area (Å²) in [4.78, 5) is 12.1. The molecule has 1 aromatic carbocycles. The number of methoxy groups -OCH3 is 1. The van der Waals surface area contributed by atoms with Gasteiger partial charge in [0.1, 0.15) is 10.6 Å². The van der Waals surface area contributed by atoms with Crippen molar-refractivity contribution in [2.75, 3.05) is 33.3 Å². The van der Waals surface area contributed by atoms with Crippen LogP contribution in [0.4, 0.5) is 0 Å². The van der Waals surface area contributed by atoms with Crippen LogP contribution in [-0.4, -0.2) is 51.9 Å². The van der Waals surface area contributed by atoms with E-state index < -0.39 is 15.9 Å². The largest absolute Gasteiger partial charge is 0.495 e. The maximum atomic E-state index is 13.0. The van der Waals surface area contributed by atoms with Crippen LogP contribution >= 0.6 is 0 Å². The third kappa shape index (κ3) is 4.28. The highest BCUT2D eigenvalue weighted by molar-refractivity contribution is 7.89. The Bertz CT molecular complexity index is 773. The molecule has 0 aromatic heterocycles. The number of nitriles is 1. The Kier molecular flexibility index (Phi) is 6.36. The van der Waals surface area contributed by atoms with Crippen molar-refractivity contribution in [3.05, 3.63) is 23.8 Å². The highest BCUT2D eigenvalue weighted by atomic mass is 32.2. The molecule has 1 saturated heterocycles. The topological polar surface area (TPSA) is 126 Å². The van der Waals surface area contributed by atoms with E-state index in [-0.39, 0.29) is 23.1 Å². The van der Waals surface area contributed by atoms with E-state index in [1.165, 1.54) is 29.6 Å². The average Bonchev–Trinajstić information content (AvgIpc) is 2.65. The Balaban J connectivity index is 2.24. The third-order valence-corrected chi connectivity index (χ3v) is 6.01. The van der Waals surface area contributed by atoms with E-state index in [1.807, 2.05) is 6.07 Å². The Morgan fingerprint density at radius 2 is 2.28 bits per heavy atom. The number of benzene rings is 1. The van der Waals surface area contributed by atoms with Gasteiger partial charge in [-0.25, -0.2) is 8.42 Å². The first kappa shape index (κ1) is 19.2. The molecular weight excluding hydrogens is 344 g/mol. The number of carbonyl (C=O) groups excluding carboxylic acids is 1. The van der Waals surface area contributed by atoms with Gasteiger partial charge in [-0.05, 0) is 31.0 Å². The molecule has 3 N–H and O–H groups in total. The molecule has 0 radical (unpaired) electrons. The number of sulfonamides is 1. The fourth-order valence-electron chi connectivity index (χ4n) is 2.80. The van der Waals surface area contributed by atoms with Crippen molar-refractivity contribution in [1.29, 1.82) is 5.26 Å². The van der Waals surface area contributed by atoms with E-state index >= 15 is 0 Å². The molecule has 1 aliphatic heterocycles. The van der Waals surface area contributed by atoms with Gasteiger partial charge in [0.25, 0.3) is 0 Å². The normalized spacial score (nSPS) is 18.4. The van der Waals surface area contributed by atoms with Gasteiger partial charge < -0.3 is 15.8 Å². The Morgan fingerprint density at radius 1 is 1.52 bits per heavy atom. The van der Waals surface area contributed by atoms with E-state index in [2.05, 4.69) is 5.32 Å². The molecule has 25 heavy (non-hydrogen) atoms. The molecule has 0 bridgehead atoms. The van der Waals surface area contributed by atoms with Crippen LogP contribution in [0.2, 0.25) is 0 Å². The highest BCUT2D eigenvalue weighted by Gasteiger charge is 2.34. The number of nitrogens with zero attached hydrogens (tertiary/aromatic N) is 2. The van der Waals surface area contributed by atoms with Gasteiger partial charge in [-0.2, -0.15) is 9.57 Å². The molecule has 1 unspecified atom stereocenters. The zero-order valence-electron chi connectivity index (χ0n) is 14.1. The van der Waals surface area contributed by atoms with Gasteiger partial charge in [-0.3, -0.25) is 4.79 Å². The fraction of sp³-hybridized carbons (Fsp3) is 0.500. The van der Waals surface area contributed by atoms with E-state index in [9.17, 15) is 13.2 Å². The lowest BCUT2D eigenvalue weighted by molar-refractivity contribution is -0.126. The third-order valence-electron chi connectivity index (χ3n) is 4.11. The summed E-state index contributed by atoms with van der Waals surface area (Å²) in [5.74, 6) is -0.467. The fourth-order valence-corrected chi connectivity index (χ4v) is 4.46. The van der Waals surface area contributed by atoms with Crippen LogP contribution in [0, 0.1) is 17.2 Å². The summed E-state index contributed by atoms with van der Waals surface area (Å²) in [6.07, 6.45) is 1.23. The molecule has 0 aliphatic carbocycles. The SMILES string of the molecule is COc1cc(C#N)ccc1S(=O)(=O)N1CCCC(C(=O)NCCN)C1. The Labute approximate surface area is 147 Å². The quantitative estimate of drug-likeness (QED) is 0.732. The number of amides is 1. The Hall–Kier alpha value is -2.15. The number of piperidine rings is 1. The minimum atomic E-state index is -3.82. The van der Waals surface area contributed by atoms with Crippen LogP contribution in [0.15, 0.2) is 23.1 Å². The molecule has 0 saturated carbocycles. The first-order valence-corrected chi connectivity index (χ1v) is 9.44. The maximum Gasteiger partial charge on any atom is 0.246 e. The summed E-state index contributed by atoms with van der Waals surface area (Å²) in [5, 5.41) is 11.7. The molecule has 2 rings (SSSR count). The van der Waals surface area contributed by atoms with Gasteiger partial charge >= 0.3 is 0 Å². The monoisotopic (exact) mass is 366 g/mol. The van der Waals surface area contributed by atoms with E-state index in [1.54, 1.807) is 0 Å². The summed E-state index contributed by atoms with van der Waals surface area (Å²) in [6, 6.07) is 6.14. The molecule has 8 nitrogen and oxygen atoms in total. The van der Waals surface area contributed by atoms with Crippen LogP contribution in [0.25, 0.3) is 0 Å². The van der Waals surface area contributed by atoms with Gasteiger partial charge in [-0.1, -0.05) is 0 Å². The Morgan fingerprint density at radius 3 is 2.92 bits per heavy atom. The standard InChI is InChI=1S/C16H22N4O4S/c1-24-14-9-12(10-18)4-5-15(14)25(22,23)20-8-2-3-13(11-20)16(21)19-7-6-17/h4-5,9,13H,2-3,6-8,11,17H2,1H3,(H,19,21). The molecule has 1 atom stereocenters. The van der Waals surface area contributed by atoms with Crippen molar-refractivity contribution in [1.82, 2.24) is 9.62 Å². The molecule has 1 amide bonds. The minimum absolute atomic E-state index is 0.00276. The number of nitrogens with one attached hydrogen (secondary N) is 1. The average molecular weight is 366 g/mol. The number of carbonyl (C=O) groups is 1. The lowest BCUT2D eigenvalue weighted by Gasteiger charge is -2.31. The lowest BCUT2D eigenvalue weighted by atomic mass is 9.99. The predicted molar refractivity (Wildman–Crippen MR) is 91.3 cm³/mol. The molecule has 1 aromatic rings. The zero-order chi connectivity index (χ0) is 18.4. The van der Waals surface area contributed by atoms with Gasteiger partial charge in [0.2, 0.25) is 15.9 Å². The van der Waals surface area contributed by atoms with Crippen molar-refractivity contribution in [2.24, 2.45) is 11.7 Å². The number of hydrogen-bond acceptors (Lipinski definition) is 6. The second-order valence-corrected chi connectivity index (χ2v) is 7.67. The van der Waals surface area contributed by atoms with Crippen LogP contribution in [0.1, 0.15) is 18.4 Å². The van der Waals surface area contributed by atoms with Crippen molar-refractivity contribution >= 4 is 15.9 Å². The minimum Gasteiger partial charge on any atom is -0.495 e. The molecule has 136 valence electrons. The van der Waals surface area contributed by atoms with Crippen LogP contribution in [0.5, 0.6) is 5.75 Å². The van der Waals surface area contributed by atoms with Gasteiger partial charge in [-0.15, -0.1) is 0 Å². The smallest absolute Gasteiger partial charge is 0.246 e. The summed E-state index contributed by atoms with van der Waals surface area (Å²) in [5.41, 5.74) is 5.69. The lowest BCUT2D eigenvalue weighted by Crippen LogP contribution is -2.46. The molecule has 1 heterocycles. The summed E-state index contributed by atoms with van der Waals surface area (Å²) >= 11 is 0. The predicted octanol–water partition coefficient (Wildman–Crippen LogP) is 0.0425. The molecule has 1 aliphatic rings. The van der Waals surface area contributed by atoms with Crippen LogP contribution < -0.4 is 15.8 Å². The summed E-state index contributed by atoms with van der Waals surface area (Å²) in [7, 11) is -2.47. The van der Waals surface area contributed by atoms with Gasteiger partial charge in [0.15, 0.2) is 0 Å². The van der Waals surface area contributed by atoms with Gasteiger partial charge in [0.05, 0.1) is 24.7 Å². The summed E-state index contributed by atoms with van der Waals surface area (Å²) in [6.45, 7) is 1.16. The molecule has 1 fully saturated rings. The van der Waals surface area contributed by atoms with E-state index in [4.69, 9.17) is 15.7 Å².